The molecule has 6 heteroatoms. The van der Waals surface area contributed by atoms with Crippen molar-refractivity contribution in [3.05, 3.63) is 59.7 Å². The Bertz CT molecular complexity index is 1200. The Hall–Kier alpha value is -3.41. The Balaban J connectivity index is 1.82. The van der Waals surface area contributed by atoms with E-state index in [1.807, 2.05) is 48.5 Å². The fourth-order valence-corrected chi connectivity index (χ4v) is 3.21. The molecule has 4 aromatic rings. The lowest BCUT2D eigenvalue weighted by Crippen LogP contribution is -2.16. The Morgan fingerprint density at radius 3 is 2.43 bits per heavy atom. The Kier molecular flexibility index (Phi) is 4.07. The van der Waals surface area contributed by atoms with Crippen molar-refractivity contribution in [3.8, 4) is 5.75 Å². The molecule has 0 aliphatic heterocycles. The lowest BCUT2D eigenvalue weighted by molar-refractivity contribution is 0.0950. The van der Waals surface area contributed by atoms with Gasteiger partial charge in [-0.25, -0.2) is 4.98 Å². The second kappa shape index (κ2) is 6.34. The smallest absolute Gasteiger partial charge is 0.280 e. The molecule has 0 unspecified atom stereocenters. The van der Waals surface area contributed by atoms with Gasteiger partial charge in [-0.2, -0.15) is 4.68 Å². The molecule has 0 spiro atoms. The van der Waals surface area contributed by atoms with Gasteiger partial charge < -0.3 is 10.5 Å². The minimum absolute atomic E-state index is 0.0198. The molecule has 2 N–H and O–H groups in total. The summed E-state index contributed by atoms with van der Waals surface area (Å²) in [6.07, 6.45) is 0. The summed E-state index contributed by atoms with van der Waals surface area (Å²) in [5, 5.41) is 5.77. The number of aromatic nitrogens is 3. The van der Waals surface area contributed by atoms with Crippen molar-refractivity contribution >= 4 is 33.7 Å². The van der Waals surface area contributed by atoms with E-state index in [4.69, 9.17) is 10.5 Å². The first-order chi connectivity index (χ1) is 13.3. The molecule has 0 atom stereocenters. The van der Waals surface area contributed by atoms with Crippen molar-refractivity contribution in [2.24, 2.45) is 0 Å². The highest BCUT2D eigenvalue weighted by atomic mass is 16.5. The number of pyridine rings is 1. The van der Waals surface area contributed by atoms with Crippen LogP contribution >= 0.6 is 0 Å². The zero-order valence-corrected chi connectivity index (χ0v) is 16.4. The second-order valence-corrected chi connectivity index (χ2v) is 7.85. The van der Waals surface area contributed by atoms with Gasteiger partial charge >= 0.3 is 0 Å². The first-order valence-corrected chi connectivity index (χ1v) is 9.06. The topological polar surface area (TPSA) is 83.0 Å². The van der Waals surface area contributed by atoms with Crippen LogP contribution in [0.15, 0.2) is 48.5 Å². The van der Waals surface area contributed by atoms with E-state index in [0.717, 1.165) is 22.2 Å². The normalized spacial score (nSPS) is 11.9. The van der Waals surface area contributed by atoms with E-state index < -0.39 is 0 Å². The highest BCUT2D eigenvalue weighted by molar-refractivity contribution is 6.05. The Labute approximate surface area is 162 Å². The van der Waals surface area contributed by atoms with E-state index in [9.17, 15) is 4.79 Å². The quantitative estimate of drug-likeness (QED) is 0.569. The maximum atomic E-state index is 13.1. The van der Waals surface area contributed by atoms with Crippen LogP contribution in [-0.2, 0) is 5.41 Å². The number of nitrogens with two attached hydrogens (primary N) is 1. The number of fused-ring (bicyclic) bond motifs is 2. The summed E-state index contributed by atoms with van der Waals surface area (Å²) in [5.74, 6) is 0.740. The van der Waals surface area contributed by atoms with E-state index in [1.54, 1.807) is 7.11 Å². The molecular weight excluding hydrogens is 352 g/mol. The second-order valence-electron chi connectivity index (χ2n) is 7.85. The number of nitrogens with zero attached hydrogens (tertiary/aromatic N) is 3. The molecule has 0 aliphatic rings. The Morgan fingerprint density at radius 2 is 1.79 bits per heavy atom. The zero-order valence-electron chi connectivity index (χ0n) is 16.4. The van der Waals surface area contributed by atoms with Gasteiger partial charge in [-0.15, -0.1) is 5.10 Å². The molecule has 0 bridgehead atoms. The largest absolute Gasteiger partial charge is 0.497 e. The average molecular weight is 374 g/mol. The third-order valence-electron chi connectivity index (χ3n) is 4.88. The fraction of sp³-hybridized carbons (Fsp3) is 0.227. The van der Waals surface area contributed by atoms with Gasteiger partial charge in [0.05, 0.1) is 18.0 Å². The van der Waals surface area contributed by atoms with Gasteiger partial charge in [-0.3, -0.25) is 4.79 Å². The first kappa shape index (κ1) is 18.0. The van der Waals surface area contributed by atoms with E-state index in [0.29, 0.717) is 16.6 Å². The van der Waals surface area contributed by atoms with Crippen LogP contribution in [0.1, 0.15) is 36.7 Å². The number of methoxy groups -OCH3 is 1. The van der Waals surface area contributed by atoms with Crippen LogP contribution in [0.4, 0.5) is 5.82 Å². The monoisotopic (exact) mass is 374 g/mol. The van der Waals surface area contributed by atoms with Crippen molar-refractivity contribution in [2.75, 3.05) is 12.8 Å². The molecule has 4 rings (SSSR count). The molecular formula is C22H22N4O2. The van der Waals surface area contributed by atoms with Crippen molar-refractivity contribution < 1.29 is 9.53 Å². The van der Waals surface area contributed by atoms with Gasteiger partial charge in [0.2, 0.25) is 0 Å². The number of ether oxygens (including phenoxy) is 1. The van der Waals surface area contributed by atoms with Gasteiger partial charge in [-0.05, 0) is 47.4 Å². The van der Waals surface area contributed by atoms with Crippen LogP contribution in [0.2, 0.25) is 0 Å². The number of carbonyl (C=O) groups excluding carboxylic acids is 1. The highest BCUT2D eigenvalue weighted by Crippen LogP contribution is 2.27. The van der Waals surface area contributed by atoms with Crippen LogP contribution in [-0.4, -0.2) is 27.8 Å². The van der Waals surface area contributed by atoms with Gasteiger partial charge in [0.25, 0.3) is 5.91 Å². The van der Waals surface area contributed by atoms with Crippen LogP contribution in [0.3, 0.4) is 0 Å². The summed E-state index contributed by atoms with van der Waals surface area (Å²) in [7, 11) is 1.61. The van der Waals surface area contributed by atoms with Crippen molar-refractivity contribution in [1.29, 1.82) is 0 Å². The summed E-state index contributed by atoms with van der Waals surface area (Å²) in [4.78, 5) is 17.7. The standard InChI is InChI=1S/C22H22N4O2/c1-22(2,3)15-7-5-13(6-8-15)21(27)26-20-17(19(23)25-26)12-14-11-16(28-4)9-10-18(14)24-20/h5-12H,1-4H3,(H2,23,25). The number of rotatable bonds is 2. The zero-order chi connectivity index (χ0) is 20.1. The van der Waals surface area contributed by atoms with Crippen molar-refractivity contribution in [3.63, 3.8) is 0 Å². The fourth-order valence-electron chi connectivity index (χ4n) is 3.21. The molecule has 0 saturated heterocycles. The molecule has 0 amide bonds. The van der Waals surface area contributed by atoms with Gasteiger partial charge in [0.1, 0.15) is 5.75 Å². The van der Waals surface area contributed by atoms with Gasteiger partial charge in [0, 0.05) is 10.9 Å². The Morgan fingerprint density at radius 1 is 1.07 bits per heavy atom. The summed E-state index contributed by atoms with van der Waals surface area (Å²) in [6.45, 7) is 6.40. The predicted octanol–water partition coefficient (Wildman–Crippen LogP) is 4.16. The maximum Gasteiger partial charge on any atom is 0.280 e. The number of carbonyl (C=O) groups is 1. The van der Waals surface area contributed by atoms with E-state index in [1.165, 1.54) is 4.68 Å². The summed E-state index contributed by atoms with van der Waals surface area (Å²) < 4.78 is 6.54. The van der Waals surface area contributed by atoms with Crippen LogP contribution < -0.4 is 10.5 Å². The number of anilines is 1. The van der Waals surface area contributed by atoms with Crippen molar-refractivity contribution in [1.82, 2.24) is 14.8 Å². The molecule has 0 radical (unpaired) electrons. The van der Waals surface area contributed by atoms with Crippen LogP contribution in [0.5, 0.6) is 5.75 Å². The van der Waals surface area contributed by atoms with E-state index in [-0.39, 0.29) is 17.1 Å². The minimum Gasteiger partial charge on any atom is -0.497 e. The summed E-state index contributed by atoms with van der Waals surface area (Å²) in [5.41, 5.74) is 8.98. The molecule has 2 heterocycles. The van der Waals surface area contributed by atoms with Crippen molar-refractivity contribution in [2.45, 2.75) is 26.2 Å². The summed E-state index contributed by atoms with van der Waals surface area (Å²) >= 11 is 0. The minimum atomic E-state index is -0.262. The van der Waals surface area contributed by atoms with Crippen LogP contribution in [0.25, 0.3) is 21.9 Å². The first-order valence-electron chi connectivity index (χ1n) is 9.06. The molecule has 0 fully saturated rings. The lowest BCUT2D eigenvalue weighted by atomic mass is 9.87. The molecule has 6 nitrogen and oxygen atoms in total. The molecule has 2 aromatic heterocycles. The molecule has 2 aromatic carbocycles. The van der Waals surface area contributed by atoms with Crippen LogP contribution in [0, 0.1) is 0 Å². The number of hydrogen-bond acceptors (Lipinski definition) is 5. The molecule has 142 valence electrons. The number of benzene rings is 2. The number of hydrogen-bond donors (Lipinski definition) is 1. The molecule has 28 heavy (non-hydrogen) atoms. The van der Waals surface area contributed by atoms with Gasteiger partial charge in [-0.1, -0.05) is 32.9 Å². The van der Waals surface area contributed by atoms with E-state index >= 15 is 0 Å². The third-order valence-corrected chi connectivity index (χ3v) is 4.88. The average Bonchev–Trinajstić information content (AvgIpc) is 3.00. The van der Waals surface area contributed by atoms with Gasteiger partial charge in [0.15, 0.2) is 11.5 Å². The lowest BCUT2D eigenvalue weighted by Gasteiger charge is -2.18. The number of nitrogen functional groups attached to an aromatic ring is 1. The van der Waals surface area contributed by atoms with E-state index in [2.05, 4.69) is 30.9 Å². The predicted molar refractivity (Wildman–Crippen MR) is 111 cm³/mol. The third kappa shape index (κ3) is 2.97. The molecule has 0 aliphatic carbocycles. The molecule has 0 saturated carbocycles. The summed E-state index contributed by atoms with van der Waals surface area (Å²) in [6, 6.07) is 15.0. The highest BCUT2D eigenvalue weighted by Gasteiger charge is 2.19. The maximum absolute atomic E-state index is 13.1. The SMILES string of the molecule is COc1ccc2nc3c(cc2c1)c(N)nn3C(=O)c1ccc(C(C)(C)C)cc1.